The van der Waals surface area contributed by atoms with Crippen molar-refractivity contribution in [3.8, 4) is 11.3 Å². The fraction of sp³-hybridized carbons (Fsp3) is 0.227. The summed E-state index contributed by atoms with van der Waals surface area (Å²) in [6.07, 6.45) is 6.90. The molecule has 0 radical (unpaired) electrons. The molecule has 0 saturated heterocycles. The molecular formula is C22H19ClN4O2. The van der Waals surface area contributed by atoms with Gasteiger partial charge in [-0.15, -0.1) is 5.10 Å². The van der Waals surface area contributed by atoms with Crippen LogP contribution < -0.4 is 5.32 Å². The van der Waals surface area contributed by atoms with Crippen molar-refractivity contribution in [3.63, 3.8) is 0 Å². The molecule has 146 valence electrons. The second-order valence-electron chi connectivity index (χ2n) is 7.38. The molecule has 1 amide bonds. The molecule has 1 saturated carbocycles. The second kappa shape index (κ2) is 7.04. The number of halogens is 1. The van der Waals surface area contributed by atoms with Crippen LogP contribution in [0.5, 0.6) is 0 Å². The predicted octanol–water partition coefficient (Wildman–Crippen LogP) is 5.09. The van der Waals surface area contributed by atoms with Crippen LogP contribution in [-0.2, 0) is 10.2 Å². The Bertz CT molecular complexity index is 1160. The highest BCUT2D eigenvalue weighted by Gasteiger charge is 2.43. The van der Waals surface area contributed by atoms with Crippen molar-refractivity contribution in [3.05, 3.63) is 71.6 Å². The van der Waals surface area contributed by atoms with Crippen molar-refractivity contribution in [1.29, 1.82) is 0 Å². The number of anilines is 1. The molecule has 1 N–H and O–H groups in total. The van der Waals surface area contributed by atoms with E-state index in [0.717, 1.165) is 42.5 Å². The Morgan fingerprint density at radius 3 is 2.62 bits per heavy atom. The van der Waals surface area contributed by atoms with Crippen molar-refractivity contribution >= 4 is 29.1 Å². The Labute approximate surface area is 172 Å². The average molecular weight is 407 g/mol. The van der Waals surface area contributed by atoms with E-state index < -0.39 is 5.41 Å². The number of aromatic nitrogens is 3. The number of rotatable bonds is 4. The van der Waals surface area contributed by atoms with Crippen LogP contribution in [0.4, 0.5) is 5.95 Å². The third kappa shape index (κ3) is 3.09. The first kappa shape index (κ1) is 17.9. The Morgan fingerprint density at radius 2 is 1.90 bits per heavy atom. The largest absolute Gasteiger partial charge is 0.472 e. The molecule has 5 rings (SSSR count). The topological polar surface area (TPSA) is 72.4 Å². The summed E-state index contributed by atoms with van der Waals surface area (Å²) < 4.78 is 6.90. The van der Waals surface area contributed by atoms with Crippen LogP contribution in [0.1, 0.15) is 31.2 Å². The predicted molar refractivity (Wildman–Crippen MR) is 111 cm³/mol. The van der Waals surface area contributed by atoms with E-state index in [-0.39, 0.29) is 5.91 Å². The normalized spacial score (nSPS) is 15.6. The van der Waals surface area contributed by atoms with Gasteiger partial charge in [0.05, 0.1) is 23.6 Å². The zero-order chi connectivity index (χ0) is 19.8. The molecule has 4 aromatic rings. The molecule has 1 fully saturated rings. The van der Waals surface area contributed by atoms with Crippen molar-refractivity contribution in [1.82, 2.24) is 14.6 Å². The third-order valence-corrected chi connectivity index (χ3v) is 5.94. The highest BCUT2D eigenvalue weighted by molar-refractivity contribution is 6.30. The first-order valence-corrected chi connectivity index (χ1v) is 9.99. The van der Waals surface area contributed by atoms with E-state index in [1.54, 1.807) is 17.0 Å². The standard InChI is InChI=1S/C22H19ClN4O2/c23-17-8-6-16(7-9-17)22(11-1-2-12-22)20(28)25-21-24-19-5-3-4-18(27(19)26-21)15-10-13-29-14-15/h3-10,13-14H,1-2,11-12H2,(H,25,26,28). The molecule has 0 atom stereocenters. The number of amides is 1. The first-order valence-electron chi connectivity index (χ1n) is 9.62. The fourth-order valence-electron chi connectivity index (χ4n) is 4.20. The Hall–Kier alpha value is -3.12. The first-order chi connectivity index (χ1) is 14.2. The van der Waals surface area contributed by atoms with Crippen LogP contribution in [0.2, 0.25) is 5.02 Å². The number of fused-ring (bicyclic) bond motifs is 1. The van der Waals surface area contributed by atoms with Crippen molar-refractivity contribution in [2.75, 3.05) is 5.32 Å². The van der Waals surface area contributed by atoms with Crippen LogP contribution in [0, 0.1) is 0 Å². The molecule has 1 aliphatic carbocycles. The maximum absolute atomic E-state index is 13.4. The zero-order valence-electron chi connectivity index (χ0n) is 15.6. The van der Waals surface area contributed by atoms with Gasteiger partial charge in [0.2, 0.25) is 11.9 Å². The summed E-state index contributed by atoms with van der Waals surface area (Å²) in [5, 5.41) is 8.15. The SMILES string of the molecule is O=C(Nc1nc2cccc(-c3ccoc3)n2n1)C1(c2ccc(Cl)cc2)CCCC1. The molecule has 0 unspecified atom stereocenters. The van der Waals surface area contributed by atoms with Gasteiger partial charge in [0, 0.05) is 10.6 Å². The third-order valence-electron chi connectivity index (χ3n) is 5.69. The molecule has 3 aromatic heterocycles. The monoisotopic (exact) mass is 406 g/mol. The van der Waals surface area contributed by atoms with Gasteiger partial charge in [-0.2, -0.15) is 4.98 Å². The molecule has 0 aliphatic heterocycles. The van der Waals surface area contributed by atoms with Gasteiger partial charge in [-0.05, 0) is 48.7 Å². The van der Waals surface area contributed by atoms with Crippen molar-refractivity contribution < 1.29 is 9.21 Å². The Morgan fingerprint density at radius 1 is 1.10 bits per heavy atom. The van der Waals surface area contributed by atoms with E-state index in [2.05, 4.69) is 15.4 Å². The molecule has 1 aromatic carbocycles. The molecule has 7 heteroatoms. The maximum Gasteiger partial charge on any atom is 0.249 e. The van der Waals surface area contributed by atoms with Crippen LogP contribution in [0.25, 0.3) is 16.9 Å². The zero-order valence-corrected chi connectivity index (χ0v) is 16.4. The second-order valence-corrected chi connectivity index (χ2v) is 7.82. The minimum atomic E-state index is -0.574. The Balaban J connectivity index is 1.49. The number of furan rings is 1. The van der Waals surface area contributed by atoms with E-state index in [4.69, 9.17) is 16.0 Å². The fourth-order valence-corrected chi connectivity index (χ4v) is 4.33. The number of carbonyl (C=O) groups is 1. The number of benzene rings is 1. The van der Waals surface area contributed by atoms with Gasteiger partial charge in [0.15, 0.2) is 5.65 Å². The smallest absolute Gasteiger partial charge is 0.249 e. The highest BCUT2D eigenvalue weighted by Crippen LogP contribution is 2.42. The molecule has 0 spiro atoms. The van der Waals surface area contributed by atoms with Gasteiger partial charge in [0.25, 0.3) is 0 Å². The molecule has 6 nitrogen and oxygen atoms in total. The lowest BCUT2D eigenvalue weighted by Gasteiger charge is -2.27. The minimum Gasteiger partial charge on any atom is -0.472 e. The van der Waals surface area contributed by atoms with E-state index in [9.17, 15) is 4.79 Å². The quantitative estimate of drug-likeness (QED) is 0.512. The lowest BCUT2D eigenvalue weighted by molar-refractivity contribution is -0.121. The van der Waals surface area contributed by atoms with Crippen LogP contribution in [0.15, 0.2) is 65.5 Å². The van der Waals surface area contributed by atoms with Crippen LogP contribution in [-0.4, -0.2) is 20.5 Å². The van der Waals surface area contributed by atoms with Crippen LogP contribution >= 0.6 is 11.6 Å². The number of nitrogens with one attached hydrogen (secondary N) is 1. The van der Waals surface area contributed by atoms with Gasteiger partial charge in [-0.3, -0.25) is 10.1 Å². The van der Waals surface area contributed by atoms with E-state index in [1.807, 2.05) is 48.5 Å². The summed E-state index contributed by atoms with van der Waals surface area (Å²) in [6, 6.07) is 15.1. The molecule has 1 aliphatic rings. The van der Waals surface area contributed by atoms with Crippen molar-refractivity contribution in [2.45, 2.75) is 31.1 Å². The lowest BCUT2D eigenvalue weighted by Crippen LogP contribution is -2.38. The number of carbonyl (C=O) groups excluding carboxylic acids is 1. The van der Waals surface area contributed by atoms with Crippen LogP contribution in [0.3, 0.4) is 0 Å². The van der Waals surface area contributed by atoms with E-state index in [1.165, 1.54) is 0 Å². The van der Waals surface area contributed by atoms with E-state index >= 15 is 0 Å². The molecule has 29 heavy (non-hydrogen) atoms. The molecular weight excluding hydrogens is 388 g/mol. The van der Waals surface area contributed by atoms with Crippen molar-refractivity contribution in [2.24, 2.45) is 0 Å². The molecule has 0 bridgehead atoms. The Kier molecular flexibility index (Phi) is 4.36. The number of hydrogen-bond donors (Lipinski definition) is 1. The van der Waals surface area contributed by atoms with Gasteiger partial charge in [0.1, 0.15) is 0 Å². The summed E-state index contributed by atoms with van der Waals surface area (Å²) in [5.41, 5.74) is 2.81. The highest BCUT2D eigenvalue weighted by atomic mass is 35.5. The van der Waals surface area contributed by atoms with Gasteiger partial charge >= 0.3 is 0 Å². The number of nitrogens with zero attached hydrogens (tertiary/aromatic N) is 3. The summed E-state index contributed by atoms with van der Waals surface area (Å²) >= 11 is 6.05. The number of pyridine rings is 1. The molecule has 3 heterocycles. The average Bonchev–Trinajstić information content (AvgIpc) is 3.48. The summed E-state index contributed by atoms with van der Waals surface area (Å²) in [6.45, 7) is 0. The van der Waals surface area contributed by atoms with Gasteiger partial charge in [-0.1, -0.05) is 42.6 Å². The van der Waals surface area contributed by atoms with E-state index in [0.29, 0.717) is 16.6 Å². The van der Waals surface area contributed by atoms with Gasteiger partial charge < -0.3 is 4.42 Å². The minimum absolute atomic E-state index is 0.0712. The van der Waals surface area contributed by atoms with Gasteiger partial charge in [-0.25, -0.2) is 4.52 Å². The maximum atomic E-state index is 13.4. The lowest BCUT2D eigenvalue weighted by atomic mass is 9.78. The summed E-state index contributed by atoms with van der Waals surface area (Å²) in [4.78, 5) is 17.9. The number of hydrogen-bond acceptors (Lipinski definition) is 4. The summed E-state index contributed by atoms with van der Waals surface area (Å²) in [5.74, 6) is 0.226. The summed E-state index contributed by atoms with van der Waals surface area (Å²) in [7, 11) is 0.